The fourth-order valence-electron chi connectivity index (χ4n) is 3.48. The lowest BCUT2D eigenvalue weighted by atomic mass is 9.97. The van der Waals surface area contributed by atoms with Gasteiger partial charge >= 0.3 is 0 Å². The first kappa shape index (κ1) is 21.7. The first-order chi connectivity index (χ1) is 11.2. The van der Waals surface area contributed by atoms with Gasteiger partial charge in [0.05, 0.1) is 11.0 Å². The molecule has 2 aromatic rings. The lowest BCUT2D eigenvalue weighted by Gasteiger charge is -2.32. The van der Waals surface area contributed by atoms with Gasteiger partial charge in [-0.3, -0.25) is 4.79 Å². The third kappa shape index (κ3) is 5.33. The maximum atomic E-state index is 12.5. The number of aromatic nitrogens is 2. The molecule has 0 spiro atoms. The van der Waals surface area contributed by atoms with Crippen LogP contribution >= 0.6 is 24.8 Å². The topological polar surface area (TPSA) is 61.0 Å². The summed E-state index contributed by atoms with van der Waals surface area (Å²) in [7, 11) is 1.98. The van der Waals surface area contributed by atoms with Crippen molar-refractivity contribution in [3.63, 3.8) is 0 Å². The van der Waals surface area contributed by atoms with E-state index < -0.39 is 0 Å². The van der Waals surface area contributed by atoms with Crippen LogP contribution in [0.1, 0.15) is 30.7 Å². The van der Waals surface area contributed by atoms with Crippen molar-refractivity contribution in [3.8, 4) is 0 Å². The van der Waals surface area contributed by atoms with Gasteiger partial charge in [0.2, 0.25) is 5.91 Å². The molecule has 1 aromatic heterocycles. The van der Waals surface area contributed by atoms with Crippen LogP contribution in [0.2, 0.25) is 0 Å². The highest BCUT2D eigenvalue weighted by molar-refractivity contribution is 5.85. The number of likely N-dealkylation sites (tertiary alicyclic amines) is 1. The molecular formula is C18H28Cl2N4O. The number of carbonyl (C=O) groups excluding carboxylic acids is 1. The normalized spacial score (nSPS) is 17.0. The number of H-pyrrole nitrogens is 1. The predicted octanol–water partition coefficient (Wildman–Crippen LogP) is 3.11. The zero-order valence-electron chi connectivity index (χ0n) is 14.9. The monoisotopic (exact) mass is 386 g/mol. The van der Waals surface area contributed by atoms with Crippen LogP contribution in [0.15, 0.2) is 18.2 Å². The minimum absolute atomic E-state index is 0. The van der Waals surface area contributed by atoms with Gasteiger partial charge in [-0.25, -0.2) is 4.98 Å². The summed E-state index contributed by atoms with van der Waals surface area (Å²) >= 11 is 0. The number of nitrogens with zero attached hydrogens (tertiary/aromatic N) is 2. The van der Waals surface area contributed by atoms with Gasteiger partial charge in [0.1, 0.15) is 5.82 Å². The van der Waals surface area contributed by atoms with E-state index in [0.29, 0.717) is 18.8 Å². The lowest BCUT2D eigenvalue weighted by Crippen LogP contribution is -2.42. The summed E-state index contributed by atoms with van der Waals surface area (Å²) in [6.07, 6.45) is 3.54. The summed E-state index contributed by atoms with van der Waals surface area (Å²) in [5.74, 6) is 1.75. The van der Waals surface area contributed by atoms with Crippen molar-refractivity contribution in [1.29, 1.82) is 0 Å². The highest BCUT2D eigenvalue weighted by Gasteiger charge is 2.23. The Kier molecular flexibility index (Phi) is 8.69. The van der Waals surface area contributed by atoms with Crippen LogP contribution in [-0.4, -0.2) is 47.5 Å². The molecule has 1 unspecified atom stereocenters. The van der Waals surface area contributed by atoms with Crippen LogP contribution in [-0.2, 0) is 11.2 Å². The summed E-state index contributed by atoms with van der Waals surface area (Å²) in [6, 6.07) is 6.13. The number of benzene rings is 1. The minimum Gasteiger partial charge on any atom is -0.342 e. The Bertz CT molecular complexity index is 687. The third-order valence-electron chi connectivity index (χ3n) is 4.70. The van der Waals surface area contributed by atoms with E-state index in [4.69, 9.17) is 0 Å². The maximum Gasteiger partial charge on any atom is 0.223 e. The summed E-state index contributed by atoms with van der Waals surface area (Å²) < 4.78 is 0. The molecule has 140 valence electrons. The SMILES string of the molecule is CNCC1CCCN(C(=O)CCc2nc3c(C)cccc3[nH]2)C1.Cl.Cl. The number of piperidine rings is 1. The molecular weight excluding hydrogens is 359 g/mol. The number of fused-ring (bicyclic) bond motifs is 1. The van der Waals surface area contributed by atoms with Crippen LogP contribution in [0.25, 0.3) is 11.0 Å². The molecule has 5 nitrogen and oxygen atoms in total. The molecule has 0 aliphatic carbocycles. The Labute approximate surface area is 161 Å². The average Bonchev–Trinajstić information content (AvgIpc) is 2.98. The molecule has 25 heavy (non-hydrogen) atoms. The van der Waals surface area contributed by atoms with Crippen molar-refractivity contribution in [2.75, 3.05) is 26.7 Å². The Hall–Kier alpha value is -1.30. The van der Waals surface area contributed by atoms with Gasteiger partial charge < -0.3 is 15.2 Å². The number of rotatable bonds is 5. The minimum atomic E-state index is 0. The number of hydrogen-bond donors (Lipinski definition) is 2. The molecule has 2 N–H and O–H groups in total. The van der Waals surface area contributed by atoms with Gasteiger partial charge in [-0.15, -0.1) is 24.8 Å². The molecule has 0 bridgehead atoms. The van der Waals surface area contributed by atoms with Crippen molar-refractivity contribution in [3.05, 3.63) is 29.6 Å². The summed E-state index contributed by atoms with van der Waals surface area (Å²) in [6.45, 7) is 4.84. The number of halogens is 2. The van der Waals surface area contributed by atoms with Gasteiger partial charge in [0.25, 0.3) is 0 Å². The van der Waals surface area contributed by atoms with Crippen LogP contribution in [0, 0.1) is 12.8 Å². The van der Waals surface area contributed by atoms with Gasteiger partial charge in [0, 0.05) is 25.9 Å². The van der Waals surface area contributed by atoms with E-state index in [9.17, 15) is 4.79 Å². The second kappa shape index (κ2) is 10.00. The fraction of sp³-hybridized carbons (Fsp3) is 0.556. The number of hydrogen-bond acceptors (Lipinski definition) is 3. The summed E-state index contributed by atoms with van der Waals surface area (Å²) in [5.41, 5.74) is 3.24. The van der Waals surface area contributed by atoms with Crippen molar-refractivity contribution in [2.45, 2.75) is 32.6 Å². The second-order valence-electron chi connectivity index (χ2n) is 6.56. The van der Waals surface area contributed by atoms with E-state index in [1.165, 1.54) is 12.0 Å². The Morgan fingerprint density at radius 1 is 1.40 bits per heavy atom. The van der Waals surface area contributed by atoms with Crippen molar-refractivity contribution in [2.24, 2.45) is 5.92 Å². The molecule has 0 saturated carbocycles. The van der Waals surface area contributed by atoms with Crippen molar-refractivity contribution >= 4 is 41.8 Å². The molecule has 1 saturated heterocycles. The first-order valence-electron chi connectivity index (χ1n) is 8.54. The number of aryl methyl sites for hydroxylation is 2. The van der Waals surface area contributed by atoms with Gasteiger partial charge in [-0.2, -0.15) is 0 Å². The lowest BCUT2D eigenvalue weighted by molar-refractivity contribution is -0.132. The van der Waals surface area contributed by atoms with Crippen LogP contribution in [0.3, 0.4) is 0 Å². The van der Waals surface area contributed by atoms with Gasteiger partial charge in [0.15, 0.2) is 0 Å². The van der Waals surface area contributed by atoms with Gasteiger partial charge in [-0.1, -0.05) is 12.1 Å². The second-order valence-corrected chi connectivity index (χ2v) is 6.56. The van der Waals surface area contributed by atoms with Crippen molar-refractivity contribution < 1.29 is 4.79 Å². The van der Waals surface area contributed by atoms with E-state index in [-0.39, 0.29) is 30.7 Å². The standard InChI is InChI=1S/C18H26N4O.2ClH/c1-13-5-3-7-15-18(13)21-16(20-15)8-9-17(23)22-10-4-6-14(12-22)11-19-2;;/h3,5,7,14,19H,4,6,8-12H2,1-2H3,(H,20,21);2*1H. The number of nitrogens with one attached hydrogen (secondary N) is 2. The highest BCUT2D eigenvalue weighted by Crippen LogP contribution is 2.18. The number of para-hydroxylation sites is 1. The first-order valence-corrected chi connectivity index (χ1v) is 8.54. The Balaban J connectivity index is 0.00000156. The molecule has 1 amide bonds. The molecule has 2 heterocycles. The average molecular weight is 387 g/mol. The smallest absolute Gasteiger partial charge is 0.223 e. The largest absolute Gasteiger partial charge is 0.342 e. The maximum absolute atomic E-state index is 12.5. The summed E-state index contributed by atoms with van der Waals surface area (Å²) in [5, 5.41) is 3.22. The third-order valence-corrected chi connectivity index (χ3v) is 4.70. The zero-order chi connectivity index (χ0) is 16.2. The highest BCUT2D eigenvalue weighted by atomic mass is 35.5. The van der Waals surface area contributed by atoms with E-state index in [2.05, 4.69) is 28.3 Å². The molecule has 1 aromatic carbocycles. The number of aromatic amines is 1. The quantitative estimate of drug-likeness (QED) is 0.829. The number of imidazole rings is 1. The van der Waals surface area contributed by atoms with E-state index in [1.807, 2.05) is 24.1 Å². The van der Waals surface area contributed by atoms with E-state index in [0.717, 1.165) is 42.9 Å². The molecule has 0 radical (unpaired) electrons. The molecule has 1 fully saturated rings. The Morgan fingerprint density at radius 3 is 2.92 bits per heavy atom. The fourth-order valence-corrected chi connectivity index (χ4v) is 3.48. The van der Waals surface area contributed by atoms with Gasteiger partial charge in [-0.05, 0) is 50.9 Å². The molecule has 1 atom stereocenters. The van der Waals surface area contributed by atoms with E-state index >= 15 is 0 Å². The molecule has 1 aliphatic rings. The summed E-state index contributed by atoms with van der Waals surface area (Å²) in [4.78, 5) is 22.5. The molecule has 1 aliphatic heterocycles. The van der Waals surface area contributed by atoms with E-state index in [1.54, 1.807) is 0 Å². The molecule has 7 heteroatoms. The predicted molar refractivity (Wildman–Crippen MR) is 107 cm³/mol. The van der Waals surface area contributed by atoms with Crippen LogP contribution in [0.4, 0.5) is 0 Å². The molecule has 3 rings (SSSR count). The van der Waals surface area contributed by atoms with Crippen molar-refractivity contribution in [1.82, 2.24) is 20.2 Å². The zero-order valence-corrected chi connectivity index (χ0v) is 16.5. The Morgan fingerprint density at radius 2 is 2.20 bits per heavy atom. The van der Waals surface area contributed by atoms with Crippen LogP contribution < -0.4 is 5.32 Å². The van der Waals surface area contributed by atoms with Crippen LogP contribution in [0.5, 0.6) is 0 Å². The number of carbonyl (C=O) groups is 1. The number of amides is 1.